The number of nitrogens with one attached hydrogen (secondary N) is 3. The summed E-state index contributed by atoms with van der Waals surface area (Å²) in [7, 11) is 2.20. The normalized spacial score (nSPS) is 23.5. The van der Waals surface area contributed by atoms with Gasteiger partial charge in [-0.25, -0.2) is 9.97 Å². The van der Waals surface area contributed by atoms with E-state index in [1.54, 1.807) is 12.3 Å². The number of aromatic nitrogens is 3. The van der Waals surface area contributed by atoms with Crippen LogP contribution in [0.3, 0.4) is 0 Å². The number of aryl methyl sites for hydroxylation is 1. The van der Waals surface area contributed by atoms with E-state index in [1.807, 2.05) is 6.92 Å². The Balaban J connectivity index is 1.27. The van der Waals surface area contributed by atoms with Crippen LogP contribution >= 0.6 is 0 Å². The Morgan fingerprint density at radius 1 is 1.05 bits per heavy atom. The third-order valence-corrected chi connectivity index (χ3v) is 10.3. The first-order valence-corrected chi connectivity index (χ1v) is 16.1. The Morgan fingerprint density at radius 2 is 1.86 bits per heavy atom. The molecule has 2 atom stereocenters. The second-order valence-electron chi connectivity index (χ2n) is 13.4. The van der Waals surface area contributed by atoms with Crippen LogP contribution in [0.1, 0.15) is 95.4 Å². The SMILES string of the molecule is C=CCNC(=O)c1cnc(Nc2cc3c4c(c2)CN(C)CC4(C)CCC3)nc1Nc1nc2c(c3c1CCC3)CCC2(O)CC. The third-order valence-electron chi connectivity index (χ3n) is 10.3. The maximum Gasteiger partial charge on any atom is 0.256 e. The maximum absolute atomic E-state index is 13.2. The van der Waals surface area contributed by atoms with E-state index in [2.05, 4.69) is 58.5 Å². The summed E-state index contributed by atoms with van der Waals surface area (Å²) >= 11 is 0. The number of pyridine rings is 1. The molecule has 2 aromatic heterocycles. The molecule has 0 radical (unpaired) electrons. The fourth-order valence-corrected chi connectivity index (χ4v) is 8.32. The molecule has 0 saturated carbocycles. The Bertz CT molecular complexity index is 1670. The van der Waals surface area contributed by atoms with Crippen LogP contribution in [0.5, 0.6) is 0 Å². The standard InChI is InChI=1S/C35H43N7O2/c1-5-15-36-32(43)27-18-37-33(38-23-16-21-9-8-13-34(3)20-42(4)19-22(17-23)28(21)34)41-31(27)40-30-26-11-7-10-24(26)25-12-14-35(44,6-2)29(25)39-30/h5,16-18,44H,1,6-15,19-20H2,2-4H3,(H,36,43)(H2,37,38,39,40,41). The number of carbonyl (C=O) groups excluding carboxylic acids is 1. The number of likely N-dealkylation sites (N-methyl/N-ethyl adjacent to an activating group) is 1. The fraction of sp³-hybridized carbons (Fsp3) is 0.486. The zero-order valence-electron chi connectivity index (χ0n) is 26.1. The lowest BCUT2D eigenvalue weighted by Gasteiger charge is -2.45. The van der Waals surface area contributed by atoms with Crippen LogP contribution in [0, 0.1) is 0 Å². The summed E-state index contributed by atoms with van der Waals surface area (Å²) in [5.41, 5.74) is 9.28. The molecule has 1 aliphatic heterocycles. The number of nitrogens with zero attached hydrogens (tertiary/aromatic N) is 4. The quantitative estimate of drug-likeness (QED) is 0.259. The van der Waals surface area contributed by atoms with E-state index in [-0.39, 0.29) is 11.3 Å². The highest BCUT2D eigenvalue weighted by Gasteiger charge is 2.41. The van der Waals surface area contributed by atoms with Gasteiger partial charge in [0, 0.05) is 36.9 Å². The molecule has 4 N–H and O–H groups in total. The van der Waals surface area contributed by atoms with Gasteiger partial charge in [0.1, 0.15) is 22.8 Å². The number of fused-ring (bicyclic) bond motifs is 3. The zero-order chi connectivity index (χ0) is 30.6. The monoisotopic (exact) mass is 593 g/mol. The number of anilines is 4. The molecule has 7 rings (SSSR count). The molecule has 0 fully saturated rings. The highest BCUT2D eigenvalue weighted by Crippen LogP contribution is 2.46. The average Bonchev–Trinajstić information content (AvgIpc) is 3.61. The predicted molar refractivity (Wildman–Crippen MR) is 173 cm³/mol. The Labute approximate surface area is 259 Å². The highest BCUT2D eigenvalue weighted by molar-refractivity contribution is 5.99. The molecule has 1 aromatic carbocycles. The highest BCUT2D eigenvalue weighted by atomic mass is 16.3. The second kappa shape index (κ2) is 11.0. The molecule has 3 heterocycles. The second-order valence-corrected chi connectivity index (χ2v) is 13.4. The molecule has 0 saturated heterocycles. The summed E-state index contributed by atoms with van der Waals surface area (Å²) in [6.07, 6.45) is 11.8. The lowest BCUT2D eigenvalue weighted by Crippen LogP contribution is -2.44. The smallest absolute Gasteiger partial charge is 0.256 e. The number of hydrogen-bond donors (Lipinski definition) is 4. The van der Waals surface area contributed by atoms with Gasteiger partial charge >= 0.3 is 0 Å². The van der Waals surface area contributed by atoms with Gasteiger partial charge in [-0.05, 0) is 110 Å². The van der Waals surface area contributed by atoms with Crippen molar-refractivity contribution in [3.05, 3.63) is 75.6 Å². The number of carbonyl (C=O) groups is 1. The van der Waals surface area contributed by atoms with E-state index >= 15 is 0 Å². The molecule has 0 spiro atoms. The van der Waals surface area contributed by atoms with Crippen LogP contribution in [-0.4, -0.2) is 51.0 Å². The van der Waals surface area contributed by atoms with Gasteiger partial charge in [-0.3, -0.25) is 4.79 Å². The van der Waals surface area contributed by atoms with Crippen LogP contribution in [0.2, 0.25) is 0 Å². The van der Waals surface area contributed by atoms with Gasteiger partial charge in [-0.15, -0.1) is 6.58 Å². The molecule has 0 bridgehead atoms. The maximum atomic E-state index is 13.2. The van der Waals surface area contributed by atoms with Crippen LogP contribution in [0.15, 0.2) is 31.0 Å². The van der Waals surface area contributed by atoms with Crippen molar-refractivity contribution in [3.8, 4) is 0 Å². The van der Waals surface area contributed by atoms with E-state index < -0.39 is 5.60 Å². The van der Waals surface area contributed by atoms with Gasteiger partial charge in [-0.1, -0.05) is 19.9 Å². The summed E-state index contributed by atoms with van der Waals surface area (Å²) in [5, 5.41) is 21.2. The molecule has 9 nitrogen and oxygen atoms in total. The van der Waals surface area contributed by atoms with Crippen molar-refractivity contribution >= 4 is 29.2 Å². The molecule has 3 aliphatic carbocycles. The van der Waals surface area contributed by atoms with E-state index in [9.17, 15) is 9.90 Å². The first-order valence-electron chi connectivity index (χ1n) is 16.1. The van der Waals surface area contributed by atoms with Crippen molar-refractivity contribution in [1.82, 2.24) is 25.2 Å². The molecular formula is C35H43N7O2. The molecule has 9 heteroatoms. The summed E-state index contributed by atoms with van der Waals surface area (Å²) < 4.78 is 0. The minimum atomic E-state index is -0.928. The Morgan fingerprint density at radius 3 is 2.68 bits per heavy atom. The molecule has 230 valence electrons. The summed E-state index contributed by atoms with van der Waals surface area (Å²) in [5.74, 6) is 1.18. The first kappa shape index (κ1) is 28.9. The fourth-order valence-electron chi connectivity index (χ4n) is 8.32. The number of amides is 1. The van der Waals surface area contributed by atoms with Gasteiger partial charge in [-0.2, -0.15) is 4.98 Å². The molecule has 44 heavy (non-hydrogen) atoms. The van der Waals surface area contributed by atoms with E-state index in [0.717, 1.165) is 62.1 Å². The largest absolute Gasteiger partial charge is 0.384 e. The number of benzene rings is 1. The van der Waals surface area contributed by atoms with Crippen LogP contribution in [-0.2, 0) is 43.2 Å². The molecule has 3 aromatic rings. The van der Waals surface area contributed by atoms with Crippen LogP contribution in [0.4, 0.5) is 23.3 Å². The summed E-state index contributed by atoms with van der Waals surface area (Å²) in [6.45, 7) is 10.5. The lowest BCUT2D eigenvalue weighted by molar-refractivity contribution is 0.0307. The van der Waals surface area contributed by atoms with Gasteiger partial charge in [0.15, 0.2) is 0 Å². The third kappa shape index (κ3) is 4.86. The van der Waals surface area contributed by atoms with Crippen molar-refractivity contribution in [2.24, 2.45) is 0 Å². The van der Waals surface area contributed by atoms with E-state index in [1.165, 1.54) is 40.7 Å². The van der Waals surface area contributed by atoms with Gasteiger partial charge in [0.2, 0.25) is 5.95 Å². The minimum Gasteiger partial charge on any atom is -0.384 e. The number of rotatable bonds is 8. The zero-order valence-corrected chi connectivity index (χ0v) is 26.1. The van der Waals surface area contributed by atoms with E-state index in [0.29, 0.717) is 42.5 Å². The van der Waals surface area contributed by atoms with E-state index in [4.69, 9.17) is 9.97 Å². The predicted octanol–water partition coefficient (Wildman–Crippen LogP) is 5.35. The van der Waals surface area contributed by atoms with Crippen molar-refractivity contribution in [2.45, 2.75) is 89.2 Å². The van der Waals surface area contributed by atoms with Gasteiger partial charge in [0.25, 0.3) is 5.91 Å². The van der Waals surface area contributed by atoms with Crippen molar-refractivity contribution in [1.29, 1.82) is 0 Å². The summed E-state index contributed by atoms with van der Waals surface area (Å²) in [4.78, 5) is 30.1. The van der Waals surface area contributed by atoms with Crippen LogP contribution < -0.4 is 16.0 Å². The van der Waals surface area contributed by atoms with Gasteiger partial charge < -0.3 is 26.0 Å². The van der Waals surface area contributed by atoms with Crippen molar-refractivity contribution in [2.75, 3.05) is 30.8 Å². The van der Waals surface area contributed by atoms with Crippen molar-refractivity contribution in [3.63, 3.8) is 0 Å². The lowest BCUT2D eigenvalue weighted by atomic mass is 9.67. The molecule has 4 aliphatic rings. The number of aliphatic hydroxyl groups is 1. The molecule has 2 unspecified atom stereocenters. The van der Waals surface area contributed by atoms with Crippen molar-refractivity contribution < 1.29 is 9.90 Å². The molecular weight excluding hydrogens is 550 g/mol. The topological polar surface area (TPSA) is 115 Å². The Kier molecular flexibility index (Phi) is 7.21. The number of hydrogen-bond acceptors (Lipinski definition) is 8. The molecule has 1 amide bonds. The summed E-state index contributed by atoms with van der Waals surface area (Å²) in [6, 6.07) is 4.49. The van der Waals surface area contributed by atoms with Crippen LogP contribution in [0.25, 0.3) is 0 Å². The van der Waals surface area contributed by atoms with Gasteiger partial charge in [0.05, 0.1) is 5.69 Å². The average molecular weight is 594 g/mol. The first-order chi connectivity index (χ1) is 21.2. The Hall–Kier alpha value is -3.82. The minimum absolute atomic E-state index is 0.190.